The molecule has 0 aromatic heterocycles. The number of hydrogen-bond donors (Lipinski definition) is 0. The van der Waals surface area contributed by atoms with E-state index in [9.17, 15) is 0 Å². The first-order valence-electron chi connectivity index (χ1n) is 5.49. The Morgan fingerprint density at radius 1 is 1.12 bits per heavy atom. The summed E-state index contributed by atoms with van der Waals surface area (Å²) in [5.74, 6) is 2.61. The molecule has 0 N–H and O–H groups in total. The molecule has 0 bridgehead atoms. The SMILES string of the molecule is C#Cc1ccc(Cc2cc(C)ccc2Cl)cc1. The van der Waals surface area contributed by atoms with Crippen molar-refractivity contribution in [2.75, 3.05) is 0 Å². The van der Waals surface area contributed by atoms with Crippen LogP contribution in [0, 0.1) is 19.3 Å². The second kappa shape index (κ2) is 5.08. The smallest absolute Gasteiger partial charge is 0.0441 e. The van der Waals surface area contributed by atoms with Crippen molar-refractivity contribution in [3.63, 3.8) is 0 Å². The summed E-state index contributed by atoms with van der Waals surface area (Å²) in [5.41, 5.74) is 4.50. The zero-order valence-corrected chi connectivity index (χ0v) is 10.5. The third kappa shape index (κ3) is 2.90. The van der Waals surface area contributed by atoms with Crippen molar-refractivity contribution in [2.24, 2.45) is 0 Å². The quantitative estimate of drug-likeness (QED) is 0.690. The summed E-state index contributed by atoms with van der Waals surface area (Å²) in [6.45, 7) is 2.07. The standard InChI is InChI=1S/C16H13Cl/c1-3-13-5-7-14(8-6-13)11-15-10-12(2)4-9-16(15)17/h1,4-10H,11H2,2H3. The van der Waals surface area contributed by atoms with E-state index in [1.807, 2.05) is 36.4 Å². The normalized spacial score (nSPS) is 9.94. The average Bonchev–Trinajstić information content (AvgIpc) is 2.35. The highest BCUT2D eigenvalue weighted by Crippen LogP contribution is 2.20. The monoisotopic (exact) mass is 240 g/mol. The van der Waals surface area contributed by atoms with Crippen molar-refractivity contribution in [2.45, 2.75) is 13.3 Å². The minimum Gasteiger partial charge on any atom is -0.115 e. The fourth-order valence-electron chi connectivity index (χ4n) is 1.78. The Kier molecular flexibility index (Phi) is 3.52. The molecule has 0 unspecified atom stereocenters. The van der Waals surface area contributed by atoms with Crippen molar-refractivity contribution in [1.82, 2.24) is 0 Å². The fourth-order valence-corrected chi connectivity index (χ4v) is 1.96. The third-order valence-electron chi connectivity index (χ3n) is 2.72. The maximum absolute atomic E-state index is 6.17. The molecule has 0 nitrogen and oxygen atoms in total. The molecule has 0 spiro atoms. The van der Waals surface area contributed by atoms with Crippen LogP contribution in [0.5, 0.6) is 0 Å². The first-order chi connectivity index (χ1) is 8.19. The molecule has 84 valence electrons. The fraction of sp³-hybridized carbons (Fsp3) is 0.125. The van der Waals surface area contributed by atoms with Gasteiger partial charge in [0.2, 0.25) is 0 Å². The minimum absolute atomic E-state index is 0.816. The van der Waals surface area contributed by atoms with Crippen LogP contribution in [0.3, 0.4) is 0 Å². The summed E-state index contributed by atoms with van der Waals surface area (Å²) >= 11 is 6.17. The average molecular weight is 241 g/mol. The van der Waals surface area contributed by atoms with Crippen molar-refractivity contribution in [3.05, 3.63) is 69.7 Å². The first kappa shape index (κ1) is 11.8. The van der Waals surface area contributed by atoms with Gasteiger partial charge in [0.05, 0.1) is 0 Å². The second-order valence-corrected chi connectivity index (χ2v) is 4.52. The lowest BCUT2D eigenvalue weighted by molar-refractivity contribution is 1.18. The number of rotatable bonds is 2. The molecule has 0 atom stereocenters. The maximum Gasteiger partial charge on any atom is 0.0441 e. The van der Waals surface area contributed by atoms with Crippen LogP contribution in [0.15, 0.2) is 42.5 Å². The first-order valence-corrected chi connectivity index (χ1v) is 5.87. The molecule has 0 aliphatic rings. The van der Waals surface area contributed by atoms with Gasteiger partial charge in [0, 0.05) is 10.6 Å². The highest BCUT2D eigenvalue weighted by molar-refractivity contribution is 6.31. The van der Waals surface area contributed by atoms with E-state index < -0.39 is 0 Å². The van der Waals surface area contributed by atoms with Crippen molar-refractivity contribution in [3.8, 4) is 12.3 Å². The number of halogens is 1. The van der Waals surface area contributed by atoms with Gasteiger partial charge in [0.25, 0.3) is 0 Å². The molecule has 17 heavy (non-hydrogen) atoms. The van der Waals surface area contributed by atoms with E-state index in [1.54, 1.807) is 0 Å². The van der Waals surface area contributed by atoms with E-state index in [4.69, 9.17) is 18.0 Å². The van der Waals surface area contributed by atoms with Gasteiger partial charge in [-0.2, -0.15) is 0 Å². The van der Waals surface area contributed by atoms with Gasteiger partial charge in [0.15, 0.2) is 0 Å². The van der Waals surface area contributed by atoms with Crippen LogP contribution in [0.1, 0.15) is 22.3 Å². The Morgan fingerprint density at radius 3 is 2.47 bits per heavy atom. The van der Waals surface area contributed by atoms with Gasteiger partial charge < -0.3 is 0 Å². The third-order valence-corrected chi connectivity index (χ3v) is 3.09. The summed E-state index contributed by atoms with van der Waals surface area (Å²) < 4.78 is 0. The lowest BCUT2D eigenvalue weighted by Gasteiger charge is -2.06. The van der Waals surface area contributed by atoms with Crippen molar-refractivity contribution < 1.29 is 0 Å². The highest BCUT2D eigenvalue weighted by Gasteiger charge is 2.02. The van der Waals surface area contributed by atoms with E-state index in [0.29, 0.717) is 0 Å². The van der Waals surface area contributed by atoms with E-state index in [0.717, 1.165) is 22.6 Å². The predicted molar refractivity (Wildman–Crippen MR) is 73.4 cm³/mol. The molecule has 0 radical (unpaired) electrons. The van der Waals surface area contributed by atoms with Crippen molar-refractivity contribution in [1.29, 1.82) is 0 Å². The van der Waals surface area contributed by atoms with Crippen LogP contribution in [0.2, 0.25) is 5.02 Å². The van der Waals surface area contributed by atoms with Gasteiger partial charge in [0.1, 0.15) is 0 Å². The second-order valence-electron chi connectivity index (χ2n) is 4.11. The molecule has 1 heteroatoms. The van der Waals surface area contributed by atoms with E-state index in [1.165, 1.54) is 11.1 Å². The molecule has 0 aliphatic heterocycles. The molecule has 2 aromatic rings. The molecule has 0 saturated heterocycles. The molecular formula is C16H13Cl. The van der Waals surface area contributed by atoms with Crippen LogP contribution in [-0.2, 0) is 6.42 Å². The van der Waals surface area contributed by atoms with Gasteiger partial charge in [-0.25, -0.2) is 0 Å². The number of terminal acetylenes is 1. The Morgan fingerprint density at radius 2 is 1.82 bits per heavy atom. The molecule has 0 amide bonds. The Labute approximate surface area is 107 Å². The Hall–Kier alpha value is -1.71. The molecule has 0 saturated carbocycles. The molecule has 2 rings (SSSR count). The lowest BCUT2D eigenvalue weighted by atomic mass is 10.0. The summed E-state index contributed by atoms with van der Waals surface area (Å²) in [7, 11) is 0. The van der Waals surface area contributed by atoms with Gasteiger partial charge in [-0.3, -0.25) is 0 Å². The lowest BCUT2D eigenvalue weighted by Crippen LogP contribution is -1.90. The predicted octanol–water partition coefficient (Wildman–Crippen LogP) is 4.22. The molecule has 2 aromatic carbocycles. The number of hydrogen-bond acceptors (Lipinski definition) is 0. The largest absolute Gasteiger partial charge is 0.115 e. The van der Waals surface area contributed by atoms with Gasteiger partial charge in [-0.1, -0.05) is 47.4 Å². The topological polar surface area (TPSA) is 0 Å². The van der Waals surface area contributed by atoms with Crippen LogP contribution in [0.4, 0.5) is 0 Å². The summed E-state index contributed by atoms with van der Waals surface area (Å²) in [5, 5.41) is 0.816. The van der Waals surface area contributed by atoms with Gasteiger partial charge >= 0.3 is 0 Å². The molecule has 0 heterocycles. The van der Waals surface area contributed by atoms with E-state index in [2.05, 4.69) is 18.9 Å². The Bertz CT molecular complexity index is 559. The molecular weight excluding hydrogens is 228 g/mol. The van der Waals surface area contributed by atoms with E-state index in [-0.39, 0.29) is 0 Å². The van der Waals surface area contributed by atoms with Crippen LogP contribution >= 0.6 is 11.6 Å². The Balaban J connectivity index is 2.25. The summed E-state index contributed by atoms with van der Waals surface area (Å²) in [4.78, 5) is 0. The molecule has 0 fully saturated rings. The summed E-state index contributed by atoms with van der Waals surface area (Å²) in [6, 6.07) is 14.1. The number of aryl methyl sites for hydroxylation is 1. The van der Waals surface area contributed by atoms with Gasteiger partial charge in [-0.05, 0) is 42.7 Å². The van der Waals surface area contributed by atoms with Gasteiger partial charge in [-0.15, -0.1) is 6.42 Å². The summed E-state index contributed by atoms with van der Waals surface area (Å²) in [6.07, 6.45) is 6.16. The number of benzene rings is 2. The van der Waals surface area contributed by atoms with Crippen molar-refractivity contribution >= 4 is 11.6 Å². The maximum atomic E-state index is 6.17. The zero-order chi connectivity index (χ0) is 12.3. The van der Waals surface area contributed by atoms with Crippen LogP contribution in [0.25, 0.3) is 0 Å². The molecule has 0 aliphatic carbocycles. The van der Waals surface area contributed by atoms with E-state index >= 15 is 0 Å². The van der Waals surface area contributed by atoms with Crippen LogP contribution < -0.4 is 0 Å². The minimum atomic E-state index is 0.816. The zero-order valence-electron chi connectivity index (χ0n) is 9.70. The van der Waals surface area contributed by atoms with Crippen LogP contribution in [-0.4, -0.2) is 0 Å². The highest BCUT2D eigenvalue weighted by atomic mass is 35.5.